The standard InChI is InChI=1S/C27H44Br2O4/c1-3-5-7-9-11-13-15-17-19-21-22(20-18-16-14-12-10-8-6-4-2)25(30)26(33-27(31)32)24(29)23(21)28/h30H,3-20H2,1-2H3,(H,31,32). The lowest BCUT2D eigenvalue weighted by molar-refractivity contribution is 0.142. The van der Waals surface area contributed by atoms with Gasteiger partial charge in [0.25, 0.3) is 0 Å². The van der Waals surface area contributed by atoms with Crippen molar-refractivity contribution < 1.29 is 19.7 Å². The van der Waals surface area contributed by atoms with Gasteiger partial charge in [-0.2, -0.15) is 0 Å². The predicted octanol–water partition coefficient (Wildman–Crippen LogP) is 10.3. The lowest BCUT2D eigenvalue weighted by Crippen LogP contribution is -2.07. The van der Waals surface area contributed by atoms with E-state index in [1.54, 1.807) is 0 Å². The Balaban J connectivity index is 2.74. The third-order valence-corrected chi connectivity index (χ3v) is 8.44. The zero-order valence-corrected chi connectivity index (χ0v) is 23.9. The zero-order valence-electron chi connectivity index (χ0n) is 20.7. The largest absolute Gasteiger partial charge is 0.511 e. The summed E-state index contributed by atoms with van der Waals surface area (Å²) in [6.45, 7) is 4.47. The van der Waals surface area contributed by atoms with Gasteiger partial charge in [-0.25, -0.2) is 4.79 Å². The molecular weight excluding hydrogens is 548 g/mol. The third-order valence-electron chi connectivity index (χ3n) is 6.27. The Bertz CT molecular complexity index is 691. The summed E-state index contributed by atoms with van der Waals surface area (Å²) >= 11 is 7.07. The summed E-state index contributed by atoms with van der Waals surface area (Å²) in [6, 6.07) is 0. The van der Waals surface area contributed by atoms with E-state index in [-0.39, 0.29) is 11.5 Å². The average molecular weight is 592 g/mol. The number of aromatic hydroxyl groups is 1. The molecule has 0 heterocycles. The summed E-state index contributed by atoms with van der Waals surface area (Å²) in [6.07, 6.45) is 19.9. The maximum Gasteiger partial charge on any atom is 0.511 e. The normalized spacial score (nSPS) is 11.2. The molecule has 1 aromatic rings. The van der Waals surface area contributed by atoms with Gasteiger partial charge in [-0.15, -0.1) is 0 Å². The fraction of sp³-hybridized carbons (Fsp3) is 0.741. The molecule has 0 saturated carbocycles. The van der Waals surface area contributed by atoms with Crippen molar-refractivity contribution in [2.24, 2.45) is 0 Å². The highest BCUT2D eigenvalue weighted by Gasteiger charge is 2.23. The highest BCUT2D eigenvalue weighted by Crippen LogP contribution is 2.46. The minimum atomic E-state index is -1.42. The van der Waals surface area contributed by atoms with Crippen LogP contribution in [0.2, 0.25) is 0 Å². The summed E-state index contributed by atoms with van der Waals surface area (Å²) in [5.74, 6) is -0.0476. The Kier molecular flexibility index (Phi) is 17.0. The first-order valence-corrected chi connectivity index (χ1v) is 14.6. The number of hydrogen-bond acceptors (Lipinski definition) is 3. The van der Waals surface area contributed by atoms with Crippen LogP contribution in [0.15, 0.2) is 8.95 Å². The second-order valence-electron chi connectivity index (χ2n) is 9.08. The number of ether oxygens (including phenoxy) is 1. The van der Waals surface area contributed by atoms with Gasteiger partial charge in [-0.3, -0.25) is 0 Å². The van der Waals surface area contributed by atoms with E-state index in [4.69, 9.17) is 9.84 Å². The summed E-state index contributed by atoms with van der Waals surface area (Å²) in [5, 5.41) is 20.0. The van der Waals surface area contributed by atoms with Gasteiger partial charge < -0.3 is 14.9 Å². The van der Waals surface area contributed by atoms with Crippen LogP contribution in [-0.4, -0.2) is 16.4 Å². The molecular formula is C27H44Br2O4. The van der Waals surface area contributed by atoms with Crippen molar-refractivity contribution in [1.29, 1.82) is 0 Å². The molecule has 0 radical (unpaired) electrons. The number of rotatable bonds is 19. The van der Waals surface area contributed by atoms with Crippen molar-refractivity contribution in [3.05, 3.63) is 20.1 Å². The Morgan fingerprint density at radius 3 is 1.48 bits per heavy atom. The minimum absolute atomic E-state index is 0.0105. The number of unbranched alkanes of at least 4 members (excludes halogenated alkanes) is 14. The van der Waals surface area contributed by atoms with E-state index >= 15 is 0 Å². The summed E-state index contributed by atoms with van der Waals surface area (Å²) in [4.78, 5) is 11.2. The van der Waals surface area contributed by atoms with E-state index < -0.39 is 6.16 Å². The fourth-order valence-corrected chi connectivity index (χ4v) is 5.46. The number of benzene rings is 1. The van der Waals surface area contributed by atoms with Crippen LogP contribution in [0, 0.1) is 0 Å². The van der Waals surface area contributed by atoms with E-state index in [2.05, 4.69) is 45.7 Å². The molecule has 6 heteroatoms. The van der Waals surface area contributed by atoms with E-state index in [0.29, 0.717) is 4.47 Å². The van der Waals surface area contributed by atoms with Crippen molar-refractivity contribution in [2.45, 2.75) is 129 Å². The maximum atomic E-state index is 11.2. The van der Waals surface area contributed by atoms with Crippen LogP contribution in [0.1, 0.15) is 128 Å². The molecule has 33 heavy (non-hydrogen) atoms. The number of carboxylic acid groups (broad SMARTS) is 1. The minimum Gasteiger partial charge on any atom is -0.504 e. The molecule has 0 aromatic heterocycles. The van der Waals surface area contributed by atoms with Crippen LogP contribution in [0.3, 0.4) is 0 Å². The maximum absolute atomic E-state index is 11.2. The fourth-order valence-electron chi connectivity index (χ4n) is 4.33. The number of carbonyl (C=O) groups is 1. The second-order valence-corrected chi connectivity index (χ2v) is 10.7. The monoisotopic (exact) mass is 590 g/mol. The topological polar surface area (TPSA) is 66.8 Å². The zero-order chi connectivity index (χ0) is 24.5. The molecule has 1 aromatic carbocycles. The van der Waals surface area contributed by atoms with E-state index in [9.17, 15) is 9.90 Å². The van der Waals surface area contributed by atoms with Gasteiger partial charge in [0, 0.05) is 10.0 Å². The molecule has 1 rings (SSSR count). The predicted molar refractivity (Wildman–Crippen MR) is 145 cm³/mol. The summed E-state index contributed by atoms with van der Waals surface area (Å²) in [7, 11) is 0. The van der Waals surface area contributed by atoms with E-state index in [0.717, 1.165) is 47.7 Å². The smallest absolute Gasteiger partial charge is 0.504 e. The van der Waals surface area contributed by atoms with Crippen LogP contribution in [0.5, 0.6) is 11.5 Å². The van der Waals surface area contributed by atoms with Gasteiger partial charge in [0.15, 0.2) is 11.5 Å². The first-order chi connectivity index (χ1) is 15.9. The third kappa shape index (κ3) is 12.0. The molecule has 0 spiro atoms. The highest BCUT2D eigenvalue weighted by atomic mass is 79.9. The van der Waals surface area contributed by atoms with Crippen LogP contribution in [0.4, 0.5) is 4.79 Å². The first-order valence-electron chi connectivity index (χ1n) is 13.1. The summed E-state index contributed by atoms with van der Waals surface area (Å²) in [5.41, 5.74) is 1.90. The highest BCUT2D eigenvalue weighted by molar-refractivity contribution is 9.13. The SMILES string of the molecule is CCCCCCCCCCc1c(O)c(OC(=O)O)c(Br)c(Br)c1CCCCCCCCCC. The Labute approximate surface area is 218 Å². The molecule has 2 N–H and O–H groups in total. The Morgan fingerprint density at radius 1 is 0.667 bits per heavy atom. The Morgan fingerprint density at radius 2 is 1.06 bits per heavy atom. The van der Waals surface area contributed by atoms with Crippen molar-refractivity contribution in [2.75, 3.05) is 0 Å². The quantitative estimate of drug-likeness (QED) is 0.0953. The lowest BCUT2D eigenvalue weighted by Gasteiger charge is -2.18. The Hall–Kier alpha value is -0.750. The van der Waals surface area contributed by atoms with Gasteiger partial charge in [-0.05, 0) is 63.1 Å². The summed E-state index contributed by atoms with van der Waals surface area (Å²) < 4.78 is 6.18. The van der Waals surface area contributed by atoms with Crippen LogP contribution in [0.25, 0.3) is 0 Å². The molecule has 0 aliphatic carbocycles. The van der Waals surface area contributed by atoms with Gasteiger partial charge in [-0.1, -0.05) is 104 Å². The van der Waals surface area contributed by atoms with Crippen LogP contribution in [-0.2, 0) is 12.8 Å². The van der Waals surface area contributed by atoms with Gasteiger partial charge in [0.05, 0.1) is 4.47 Å². The molecule has 0 unspecified atom stereocenters. The lowest BCUT2D eigenvalue weighted by atomic mass is 9.95. The second kappa shape index (κ2) is 18.6. The van der Waals surface area contributed by atoms with Crippen LogP contribution >= 0.6 is 31.9 Å². The molecule has 0 aliphatic rings. The van der Waals surface area contributed by atoms with Gasteiger partial charge in [0.1, 0.15) is 0 Å². The average Bonchev–Trinajstić information content (AvgIpc) is 2.79. The molecule has 4 nitrogen and oxygen atoms in total. The number of phenolic OH excluding ortho intramolecular Hbond substituents is 1. The van der Waals surface area contributed by atoms with Crippen molar-refractivity contribution in [1.82, 2.24) is 0 Å². The molecule has 0 aliphatic heterocycles. The molecule has 0 bridgehead atoms. The number of halogens is 2. The van der Waals surface area contributed by atoms with Crippen molar-refractivity contribution >= 4 is 38.0 Å². The molecule has 190 valence electrons. The molecule has 0 saturated heterocycles. The van der Waals surface area contributed by atoms with Gasteiger partial charge in [0.2, 0.25) is 0 Å². The molecule has 0 atom stereocenters. The van der Waals surface area contributed by atoms with E-state index in [1.807, 2.05) is 0 Å². The van der Waals surface area contributed by atoms with Crippen molar-refractivity contribution in [3.8, 4) is 11.5 Å². The molecule has 0 fully saturated rings. The van der Waals surface area contributed by atoms with Gasteiger partial charge >= 0.3 is 6.16 Å². The van der Waals surface area contributed by atoms with Crippen LogP contribution < -0.4 is 4.74 Å². The molecule has 0 amide bonds. The van der Waals surface area contributed by atoms with Crippen molar-refractivity contribution in [3.63, 3.8) is 0 Å². The number of hydrogen-bond donors (Lipinski definition) is 2. The first kappa shape index (κ1) is 30.3. The van der Waals surface area contributed by atoms with E-state index in [1.165, 1.54) is 83.5 Å². The number of phenols is 1.